The maximum atomic E-state index is 14.7. The first-order chi connectivity index (χ1) is 22.6. The summed E-state index contributed by atoms with van der Waals surface area (Å²) in [6.45, 7) is 14.1. The molecule has 2 aromatic heterocycles. The van der Waals surface area contributed by atoms with E-state index in [1.165, 1.54) is 13.4 Å². The molecule has 17 nitrogen and oxygen atoms in total. The lowest BCUT2D eigenvalue weighted by molar-refractivity contribution is -0.146. The highest BCUT2D eigenvalue weighted by Crippen LogP contribution is 2.49. The van der Waals surface area contributed by atoms with Crippen molar-refractivity contribution in [3.8, 4) is 5.88 Å². The number of hydrogen-bond acceptors (Lipinski definition) is 14. The Morgan fingerprint density at radius 3 is 2.15 bits per heavy atom. The molecule has 2 saturated heterocycles. The quantitative estimate of drug-likeness (QED) is 0.138. The number of aryl methyl sites for hydroxylation is 1. The lowest BCUT2D eigenvalue weighted by Gasteiger charge is -2.30. The summed E-state index contributed by atoms with van der Waals surface area (Å²) in [5, 5.41) is 5.66. The second kappa shape index (κ2) is 15.5. The van der Waals surface area contributed by atoms with Gasteiger partial charge in [0.1, 0.15) is 24.0 Å². The van der Waals surface area contributed by atoms with E-state index >= 15 is 0 Å². The summed E-state index contributed by atoms with van der Waals surface area (Å²) in [7, 11) is -2.82. The predicted octanol–water partition coefficient (Wildman–Crippen LogP) is 3.59. The lowest BCUT2D eigenvalue weighted by Crippen LogP contribution is -2.46. The maximum Gasteiger partial charge on any atom is 0.509 e. The SMILES string of the molecule is CCOC(=O)C(CC(C)C)NP(=O)(NC(CC(C)C)C(=O)OCC)OC[C@H]1O[C@@H](n2cnc3c(OC)nc(C)nc32)[C@@]2(C)OC(=O)OC12. The number of carbonyl (C=O) groups is 3. The third-order valence-electron chi connectivity index (χ3n) is 7.80. The van der Waals surface area contributed by atoms with Crippen LogP contribution in [0.3, 0.4) is 0 Å². The van der Waals surface area contributed by atoms with Crippen LogP contribution in [-0.4, -0.2) is 94.4 Å². The number of hydrogen-bond donors (Lipinski definition) is 2. The summed E-state index contributed by atoms with van der Waals surface area (Å²) in [5.74, 6) is -0.589. The predicted molar refractivity (Wildman–Crippen MR) is 170 cm³/mol. The Kier molecular flexibility index (Phi) is 12.1. The fraction of sp³-hybridized carbons (Fsp3) is 0.733. The van der Waals surface area contributed by atoms with Crippen LogP contribution < -0.4 is 14.9 Å². The van der Waals surface area contributed by atoms with Crippen LogP contribution >= 0.6 is 7.67 Å². The molecule has 18 heteroatoms. The number of fused-ring (bicyclic) bond motifs is 2. The highest BCUT2D eigenvalue weighted by molar-refractivity contribution is 7.54. The van der Waals surface area contributed by atoms with Crippen LogP contribution in [0.25, 0.3) is 11.2 Å². The molecule has 4 heterocycles. The largest absolute Gasteiger partial charge is 0.509 e. The van der Waals surface area contributed by atoms with E-state index in [-0.39, 0.29) is 43.8 Å². The first-order valence-corrected chi connectivity index (χ1v) is 17.7. The van der Waals surface area contributed by atoms with E-state index < -0.39 is 68.5 Å². The Balaban J connectivity index is 1.68. The minimum absolute atomic E-state index is 0.00243. The average Bonchev–Trinajstić information content (AvgIpc) is 3.63. The molecule has 4 rings (SSSR count). The Morgan fingerprint density at radius 1 is 1.04 bits per heavy atom. The first-order valence-electron chi connectivity index (χ1n) is 16.1. The van der Waals surface area contributed by atoms with Crippen LogP contribution in [0.15, 0.2) is 6.33 Å². The standard InChI is InChI=1S/C30H47N6O11P/c1-10-42-26(37)19(12-16(3)4)34-48(40,35-20(13-17(5)6)27(38)43-11-2)44-14-21-23-30(8,47-29(39)46-23)28(45-21)36-15-31-22-24(36)32-18(7)33-25(22)41-9/h15-17,19-21,23,28H,10-14H2,1-9H3,(H2,34,35,40)/t19?,20?,21-,23?,28-,30+,48?/m1/s1. The molecule has 2 aliphatic rings. The topological polar surface area (TPSA) is 201 Å². The number of esters is 2. The van der Waals surface area contributed by atoms with Crippen molar-refractivity contribution in [2.24, 2.45) is 11.8 Å². The highest BCUT2D eigenvalue weighted by Gasteiger charge is 2.64. The third kappa shape index (κ3) is 8.25. The zero-order chi connectivity index (χ0) is 35.4. The van der Waals surface area contributed by atoms with E-state index in [2.05, 4.69) is 25.1 Å². The number of aromatic nitrogens is 4. The van der Waals surface area contributed by atoms with E-state index in [1.807, 2.05) is 27.7 Å². The molecule has 2 aromatic rings. The van der Waals surface area contributed by atoms with Gasteiger partial charge in [-0.1, -0.05) is 27.7 Å². The molecule has 0 spiro atoms. The summed E-state index contributed by atoms with van der Waals surface area (Å²) in [4.78, 5) is 51.7. The molecule has 0 bridgehead atoms. The van der Waals surface area contributed by atoms with Gasteiger partial charge in [-0.25, -0.2) is 24.9 Å². The minimum Gasteiger partial charge on any atom is -0.479 e. The summed E-state index contributed by atoms with van der Waals surface area (Å²) < 4.78 is 55.8. The molecule has 2 aliphatic heterocycles. The van der Waals surface area contributed by atoms with Crippen molar-refractivity contribution < 1.29 is 51.9 Å². The van der Waals surface area contributed by atoms with E-state index in [9.17, 15) is 18.9 Å². The van der Waals surface area contributed by atoms with Crippen molar-refractivity contribution in [1.29, 1.82) is 0 Å². The van der Waals surface area contributed by atoms with Crippen molar-refractivity contribution in [3.05, 3.63) is 12.2 Å². The highest BCUT2D eigenvalue weighted by atomic mass is 31.2. The van der Waals surface area contributed by atoms with Gasteiger partial charge in [0.05, 0.1) is 33.3 Å². The Labute approximate surface area is 279 Å². The van der Waals surface area contributed by atoms with Gasteiger partial charge < -0.3 is 32.9 Å². The number of ether oxygens (including phenoxy) is 6. The summed E-state index contributed by atoms with van der Waals surface area (Å²) >= 11 is 0. The second-order valence-corrected chi connectivity index (χ2v) is 14.6. The Bertz CT molecular complexity index is 1480. The zero-order valence-corrected chi connectivity index (χ0v) is 29.8. The van der Waals surface area contributed by atoms with Gasteiger partial charge in [0.25, 0.3) is 0 Å². The van der Waals surface area contributed by atoms with E-state index in [0.29, 0.717) is 17.0 Å². The van der Waals surface area contributed by atoms with E-state index in [4.69, 9.17) is 32.9 Å². The van der Waals surface area contributed by atoms with Gasteiger partial charge in [-0.15, -0.1) is 0 Å². The van der Waals surface area contributed by atoms with Crippen LogP contribution in [0.4, 0.5) is 4.79 Å². The monoisotopic (exact) mass is 698 g/mol. The maximum absolute atomic E-state index is 14.7. The first kappa shape index (κ1) is 37.4. The Morgan fingerprint density at radius 2 is 1.62 bits per heavy atom. The molecule has 2 N–H and O–H groups in total. The number of nitrogens with one attached hydrogen (secondary N) is 2. The van der Waals surface area contributed by atoms with Crippen molar-refractivity contribution in [2.75, 3.05) is 26.9 Å². The molecule has 0 amide bonds. The Hall–Kier alpha value is -3.37. The summed E-state index contributed by atoms with van der Waals surface area (Å²) in [6, 6.07) is -2.09. The zero-order valence-electron chi connectivity index (χ0n) is 28.9. The number of methoxy groups -OCH3 is 1. The van der Waals surface area contributed by atoms with Crippen LogP contribution in [0.2, 0.25) is 0 Å². The fourth-order valence-electron chi connectivity index (χ4n) is 5.80. The summed E-state index contributed by atoms with van der Waals surface area (Å²) in [5.41, 5.74) is -0.661. The van der Waals surface area contributed by atoms with Crippen LogP contribution in [0, 0.1) is 18.8 Å². The van der Waals surface area contributed by atoms with Gasteiger partial charge in [0.2, 0.25) is 5.88 Å². The van der Waals surface area contributed by atoms with Crippen LogP contribution in [0.5, 0.6) is 5.88 Å². The molecule has 0 aromatic carbocycles. The minimum atomic E-state index is -4.28. The molecular formula is C30H47N6O11P. The van der Waals surface area contributed by atoms with E-state index in [0.717, 1.165) is 0 Å². The lowest BCUT2D eigenvalue weighted by atomic mass is 9.96. The van der Waals surface area contributed by atoms with Crippen molar-refractivity contribution >= 4 is 36.9 Å². The molecule has 2 fully saturated rings. The van der Waals surface area contributed by atoms with Gasteiger partial charge in [-0.05, 0) is 52.4 Å². The van der Waals surface area contributed by atoms with Gasteiger partial charge in [-0.3, -0.25) is 18.7 Å². The van der Waals surface area contributed by atoms with Crippen molar-refractivity contribution in [1.82, 2.24) is 29.7 Å². The smallest absolute Gasteiger partial charge is 0.479 e. The third-order valence-corrected chi connectivity index (χ3v) is 9.61. The van der Waals surface area contributed by atoms with Gasteiger partial charge in [0, 0.05) is 0 Å². The second-order valence-electron chi connectivity index (χ2n) is 12.7. The molecule has 48 heavy (non-hydrogen) atoms. The fourth-order valence-corrected chi connectivity index (χ4v) is 7.62. The van der Waals surface area contributed by atoms with Crippen molar-refractivity contribution in [3.63, 3.8) is 0 Å². The van der Waals surface area contributed by atoms with Crippen LogP contribution in [-0.2, 0) is 42.4 Å². The van der Waals surface area contributed by atoms with Gasteiger partial charge in [0.15, 0.2) is 29.1 Å². The molecule has 0 saturated carbocycles. The molecule has 0 aliphatic carbocycles. The molecule has 3 unspecified atom stereocenters. The molecule has 6 atom stereocenters. The normalized spacial score (nSPS) is 24.6. The average molecular weight is 699 g/mol. The number of carbonyl (C=O) groups excluding carboxylic acids is 3. The molecular weight excluding hydrogens is 651 g/mol. The number of imidazole rings is 1. The number of nitrogens with zero attached hydrogens (tertiary/aromatic N) is 4. The molecule has 0 radical (unpaired) electrons. The number of rotatable bonds is 17. The van der Waals surface area contributed by atoms with Crippen molar-refractivity contribution in [2.45, 2.75) is 104 Å². The van der Waals surface area contributed by atoms with Gasteiger partial charge in [-0.2, -0.15) is 4.98 Å². The molecule has 268 valence electrons. The van der Waals surface area contributed by atoms with Gasteiger partial charge >= 0.3 is 25.8 Å². The van der Waals surface area contributed by atoms with Crippen LogP contribution in [0.1, 0.15) is 73.4 Å². The summed E-state index contributed by atoms with van der Waals surface area (Å²) in [6.07, 6.45) is -1.99. The van der Waals surface area contributed by atoms with E-state index in [1.54, 1.807) is 32.3 Å².